The van der Waals surface area contributed by atoms with Crippen molar-refractivity contribution >= 4 is 21.8 Å². The highest BCUT2D eigenvalue weighted by molar-refractivity contribution is 9.10. The van der Waals surface area contributed by atoms with Crippen molar-refractivity contribution in [3.05, 3.63) is 58.1 Å². The summed E-state index contributed by atoms with van der Waals surface area (Å²) in [5.41, 5.74) is 7.15. The molecule has 0 saturated carbocycles. The van der Waals surface area contributed by atoms with Crippen LogP contribution in [0.2, 0.25) is 0 Å². The minimum atomic E-state index is -0.000332. The standard InChI is InChI=1S/C15H15BrN2O3/c1-20-12-6-11(15(17)18-19)7-13(8-12)21-9-10-4-2-3-5-14(10)16/h2-8,19H,9H2,1H3,(H2,17,18). The summed E-state index contributed by atoms with van der Waals surface area (Å²) in [6.07, 6.45) is 0. The van der Waals surface area contributed by atoms with Crippen LogP contribution in [0.4, 0.5) is 0 Å². The molecule has 0 unspecified atom stereocenters. The topological polar surface area (TPSA) is 77.1 Å². The summed E-state index contributed by atoms with van der Waals surface area (Å²) in [6.45, 7) is 0.393. The first-order valence-electron chi connectivity index (χ1n) is 6.17. The zero-order chi connectivity index (χ0) is 15.2. The van der Waals surface area contributed by atoms with Crippen molar-refractivity contribution in [1.82, 2.24) is 0 Å². The molecule has 0 radical (unpaired) electrons. The molecule has 0 fully saturated rings. The number of amidine groups is 1. The van der Waals surface area contributed by atoms with Crippen LogP contribution in [0.5, 0.6) is 11.5 Å². The lowest BCUT2D eigenvalue weighted by Crippen LogP contribution is -2.13. The van der Waals surface area contributed by atoms with E-state index < -0.39 is 0 Å². The van der Waals surface area contributed by atoms with E-state index in [0.717, 1.165) is 10.0 Å². The number of hydrogen-bond donors (Lipinski definition) is 2. The van der Waals surface area contributed by atoms with Gasteiger partial charge >= 0.3 is 0 Å². The molecule has 0 heterocycles. The minimum absolute atomic E-state index is 0.000332. The lowest BCUT2D eigenvalue weighted by atomic mass is 10.2. The molecule has 0 aliphatic heterocycles. The Morgan fingerprint density at radius 3 is 2.62 bits per heavy atom. The second-order valence-electron chi connectivity index (χ2n) is 4.26. The van der Waals surface area contributed by atoms with Crippen LogP contribution in [0.3, 0.4) is 0 Å². The zero-order valence-corrected chi connectivity index (χ0v) is 13.0. The predicted molar refractivity (Wildman–Crippen MR) is 84.0 cm³/mol. The van der Waals surface area contributed by atoms with Gasteiger partial charge in [-0.05, 0) is 18.2 Å². The quantitative estimate of drug-likeness (QED) is 0.376. The van der Waals surface area contributed by atoms with Gasteiger partial charge in [-0.2, -0.15) is 0 Å². The summed E-state index contributed by atoms with van der Waals surface area (Å²) in [4.78, 5) is 0. The lowest BCUT2D eigenvalue weighted by Gasteiger charge is -2.11. The number of oxime groups is 1. The van der Waals surface area contributed by atoms with Gasteiger partial charge in [-0.15, -0.1) is 0 Å². The van der Waals surface area contributed by atoms with Crippen LogP contribution in [-0.4, -0.2) is 18.2 Å². The Hall–Kier alpha value is -2.21. The minimum Gasteiger partial charge on any atom is -0.497 e. The number of benzene rings is 2. The Morgan fingerprint density at radius 2 is 1.95 bits per heavy atom. The molecular formula is C15H15BrN2O3. The molecule has 110 valence electrons. The van der Waals surface area contributed by atoms with E-state index in [9.17, 15) is 0 Å². The first-order valence-corrected chi connectivity index (χ1v) is 6.96. The molecule has 0 spiro atoms. The fraction of sp³-hybridized carbons (Fsp3) is 0.133. The zero-order valence-electron chi connectivity index (χ0n) is 11.4. The van der Waals surface area contributed by atoms with Crippen molar-refractivity contribution in [2.45, 2.75) is 6.61 Å². The van der Waals surface area contributed by atoms with Gasteiger partial charge in [-0.25, -0.2) is 0 Å². The molecule has 21 heavy (non-hydrogen) atoms. The number of ether oxygens (including phenoxy) is 2. The average molecular weight is 351 g/mol. The van der Waals surface area contributed by atoms with Crippen LogP contribution in [-0.2, 0) is 6.61 Å². The summed E-state index contributed by atoms with van der Waals surface area (Å²) in [6, 6.07) is 12.9. The molecule has 6 heteroatoms. The molecular weight excluding hydrogens is 336 g/mol. The summed E-state index contributed by atoms with van der Waals surface area (Å²) in [5.74, 6) is 1.15. The molecule has 2 aromatic rings. The number of rotatable bonds is 5. The largest absolute Gasteiger partial charge is 0.497 e. The third-order valence-corrected chi connectivity index (χ3v) is 3.65. The fourth-order valence-electron chi connectivity index (χ4n) is 1.76. The first-order chi connectivity index (χ1) is 10.1. The maximum atomic E-state index is 8.76. The molecule has 0 saturated heterocycles. The van der Waals surface area contributed by atoms with E-state index in [0.29, 0.717) is 23.7 Å². The van der Waals surface area contributed by atoms with E-state index in [-0.39, 0.29) is 5.84 Å². The van der Waals surface area contributed by atoms with Gasteiger partial charge in [0.1, 0.15) is 18.1 Å². The third kappa shape index (κ3) is 3.88. The molecule has 0 atom stereocenters. The maximum absolute atomic E-state index is 8.76. The van der Waals surface area contributed by atoms with Gasteiger partial charge in [0.15, 0.2) is 5.84 Å². The van der Waals surface area contributed by atoms with Crippen molar-refractivity contribution in [2.75, 3.05) is 7.11 Å². The normalized spacial score (nSPS) is 11.2. The summed E-state index contributed by atoms with van der Waals surface area (Å²) >= 11 is 3.47. The number of methoxy groups -OCH3 is 1. The van der Waals surface area contributed by atoms with Gasteiger partial charge in [0.2, 0.25) is 0 Å². The van der Waals surface area contributed by atoms with Crippen molar-refractivity contribution in [1.29, 1.82) is 0 Å². The van der Waals surface area contributed by atoms with Gasteiger partial charge in [0.25, 0.3) is 0 Å². The molecule has 0 aliphatic carbocycles. The van der Waals surface area contributed by atoms with E-state index in [2.05, 4.69) is 21.1 Å². The van der Waals surface area contributed by atoms with Gasteiger partial charge in [0, 0.05) is 21.7 Å². The number of hydrogen-bond acceptors (Lipinski definition) is 4. The summed E-state index contributed by atoms with van der Waals surface area (Å²) in [7, 11) is 1.54. The average Bonchev–Trinajstić information content (AvgIpc) is 2.53. The van der Waals surface area contributed by atoms with Gasteiger partial charge < -0.3 is 20.4 Å². The van der Waals surface area contributed by atoms with Crippen LogP contribution in [0, 0.1) is 0 Å². The summed E-state index contributed by atoms with van der Waals surface area (Å²) < 4.78 is 11.9. The highest BCUT2D eigenvalue weighted by Gasteiger charge is 2.07. The van der Waals surface area contributed by atoms with E-state index >= 15 is 0 Å². The van der Waals surface area contributed by atoms with Crippen LogP contribution < -0.4 is 15.2 Å². The SMILES string of the molecule is COc1cc(OCc2ccccc2Br)cc(/C(N)=N/O)c1. The molecule has 0 aromatic heterocycles. The molecule has 3 N–H and O–H groups in total. The molecule has 5 nitrogen and oxygen atoms in total. The van der Waals surface area contributed by atoms with E-state index in [1.54, 1.807) is 25.3 Å². The van der Waals surface area contributed by atoms with Crippen LogP contribution in [0.25, 0.3) is 0 Å². The summed E-state index contributed by atoms with van der Waals surface area (Å²) in [5, 5.41) is 11.7. The van der Waals surface area contributed by atoms with Gasteiger partial charge in [-0.3, -0.25) is 0 Å². The molecule has 0 amide bonds. The molecule has 2 rings (SSSR count). The van der Waals surface area contributed by atoms with Crippen LogP contribution in [0.1, 0.15) is 11.1 Å². The highest BCUT2D eigenvalue weighted by Crippen LogP contribution is 2.25. The van der Waals surface area contributed by atoms with Crippen molar-refractivity contribution in [3.8, 4) is 11.5 Å². The molecule has 0 aliphatic rings. The van der Waals surface area contributed by atoms with Crippen LogP contribution >= 0.6 is 15.9 Å². The smallest absolute Gasteiger partial charge is 0.170 e. The Balaban J connectivity index is 2.21. The monoisotopic (exact) mass is 350 g/mol. The van der Waals surface area contributed by atoms with Crippen molar-refractivity contribution in [2.24, 2.45) is 10.9 Å². The fourth-order valence-corrected chi connectivity index (χ4v) is 2.15. The second-order valence-corrected chi connectivity index (χ2v) is 5.12. The second kappa shape index (κ2) is 6.99. The Morgan fingerprint density at radius 1 is 1.24 bits per heavy atom. The lowest BCUT2D eigenvalue weighted by molar-refractivity contribution is 0.302. The highest BCUT2D eigenvalue weighted by atomic mass is 79.9. The van der Waals surface area contributed by atoms with Crippen molar-refractivity contribution < 1.29 is 14.7 Å². The molecule has 2 aromatic carbocycles. The Kier molecular flexibility index (Phi) is 5.05. The van der Waals surface area contributed by atoms with Gasteiger partial charge in [0.05, 0.1) is 7.11 Å². The Bertz CT molecular complexity index is 659. The number of halogens is 1. The van der Waals surface area contributed by atoms with Crippen LogP contribution in [0.15, 0.2) is 52.1 Å². The van der Waals surface area contributed by atoms with E-state index in [1.807, 2.05) is 24.3 Å². The van der Waals surface area contributed by atoms with E-state index in [1.165, 1.54) is 0 Å². The Labute approximate surface area is 131 Å². The number of nitrogens with two attached hydrogens (primary N) is 1. The van der Waals surface area contributed by atoms with Crippen molar-refractivity contribution in [3.63, 3.8) is 0 Å². The maximum Gasteiger partial charge on any atom is 0.170 e. The third-order valence-electron chi connectivity index (χ3n) is 2.87. The number of nitrogens with zero attached hydrogens (tertiary/aromatic N) is 1. The first kappa shape index (κ1) is 15.2. The molecule has 0 bridgehead atoms. The van der Waals surface area contributed by atoms with E-state index in [4.69, 9.17) is 20.4 Å². The predicted octanol–water partition coefficient (Wildman–Crippen LogP) is 3.13. The van der Waals surface area contributed by atoms with Gasteiger partial charge in [-0.1, -0.05) is 39.3 Å².